The Morgan fingerprint density at radius 3 is 1.22 bits per heavy atom. The molecule has 2 heterocycles. The largest absolute Gasteiger partial charge is 0.463 e. The fraction of sp³-hybridized carbons (Fsp3) is 0.938. The van der Waals surface area contributed by atoms with Crippen molar-refractivity contribution in [2.24, 2.45) is 0 Å². The van der Waals surface area contributed by atoms with E-state index in [9.17, 15) is 40.2 Å². The smallest absolute Gasteiger partial charge is 0.306 e. The topological polar surface area (TPSA) is 211 Å². The summed E-state index contributed by atoms with van der Waals surface area (Å²) in [6, 6.07) is 0. The lowest BCUT2D eigenvalue weighted by Gasteiger charge is -2.40. The molecular weight excluding hydrogens is 608 g/mol. The molecule has 6 N–H and O–H groups in total. The fourth-order valence-corrected chi connectivity index (χ4v) is 5.25. The molecule has 2 fully saturated rings. The van der Waals surface area contributed by atoms with Crippen LogP contribution in [-0.2, 0) is 38.0 Å². The molecule has 2 aliphatic heterocycles. The van der Waals surface area contributed by atoms with Crippen molar-refractivity contribution in [1.82, 2.24) is 0 Å². The first-order valence-corrected chi connectivity index (χ1v) is 17.0. The van der Waals surface area contributed by atoms with E-state index in [1.165, 1.54) is 12.8 Å². The highest BCUT2D eigenvalue weighted by Gasteiger charge is 2.46. The molecule has 0 aliphatic carbocycles. The van der Waals surface area contributed by atoms with Crippen LogP contribution in [0.1, 0.15) is 104 Å². The van der Waals surface area contributed by atoms with Gasteiger partial charge in [-0.25, -0.2) is 0 Å². The van der Waals surface area contributed by atoms with Gasteiger partial charge in [-0.15, -0.1) is 0 Å². The van der Waals surface area contributed by atoms with E-state index in [1.54, 1.807) is 0 Å². The molecule has 46 heavy (non-hydrogen) atoms. The molecule has 2 aliphatic rings. The Bertz CT molecular complexity index is 765. The number of carbonyl (C=O) groups excluding carboxylic acids is 2. The minimum atomic E-state index is -1.57. The summed E-state index contributed by atoms with van der Waals surface area (Å²) in [6.07, 6.45) is -2.21. The zero-order valence-corrected chi connectivity index (χ0v) is 27.5. The number of ether oxygens (including phenoxy) is 6. The molecule has 270 valence electrons. The van der Waals surface area contributed by atoms with Crippen molar-refractivity contribution in [3.8, 4) is 0 Å². The minimum absolute atomic E-state index is 0.292. The van der Waals surface area contributed by atoms with Crippen molar-refractivity contribution in [2.45, 2.75) is 165 Å². The van der Waals surface area contributed by atoms with Crippen molar-refractivity contribution in [3.63, 3.8) is 0 Å². The van der Waals surface area contributed by atoms with Gasteiger partial charge in [0.05, 0.1) is 12.8 Å². The number of hydrogen-bond acceptors (Lipinski definition) is 14. The number of hydrogen-bond donors (Lipinski definition) is 6. The van der Waals surface area contributed by atoms with Crippen molar-refractivity contribution < 1.29 is 68.6 Å². The van der Waals surface area contributed by atoms with E-state index in [1.807, 2.05) is 0 Å². The van der Waals surface area contributed by atoms with Crippen molar-refractivity contribution in [3.05, 3.63) is 0 Å². The highest BCUT2D eigenvalue weighted by Crippen LogP contribution is 2.24. The molecule has 0 aromatic rings. The zero-order valence-electron chi connectivity index (χ0n) is 27.5. The van der Waals surface area contributed by atoms with Crippen LogP contribution in [0.3, 0.4) is 0 Å². The van der Waals surface area contributed by atoms with Crippen LogP contribution < -0.4 is 0 Å². The highest BCUT2D eigenvalue weighted by atomic mass is 16.7. The summed E-state index contributed by atoms with van der Waals surface area (Å²) < 4.78 is 32.5. The van der Waals surface area contributed by atoms with Gasteiger partial charge in [-0.05, 0) is 12.8 Å². The molecule has 0 unspecified atom stereocenters. The molecule has 0 aromatic carbocycles. The van der Waals surface area contributed by atoms with E-state index in [-0.39, 0.29) is 12.8 Å². The number of unbranched alkanes of at least 4 members (excludes halogenated alkanes) is 10. The Morgan fingerprint density at radius 2 is 0.848 bits per heavy atom. The quantitative estimate of drug-likeness (QED) is 0.0669. The van der Waals surface area contributed by atoms with E-state index >= 15 is 0 Å². The Hall–Kier alpha value is -1.46. The second-order valence-electron chi connectivity index (χ2n) is 12.2. The van der Waals surface area contributed by atoms with Gasteiger partial charge in [0.1, 0.15) is 62.0 Å². The molecule has 0 spiro atoms. The molecule has 0 amide bonds. The molecule has 0 aromatic heterocycles. The third-order valence-corrected chi connectivity index (χ3v) is 8.25. The Labute approximate surface area is 272 Å². The van der Waals surface area contributed by atoms with Gasteiger partial charge in [0.15, 0.2) is 12.6 Å². The molecule has 0 saturated carbocycles. The Balaban J connectivity index is 1.69. The van der Waals surface area contributed by atoms with E-state index in [0.717, 1.165) is 64.2 Å². The standard InChI is InChI=1S/C32H58O14/c1-3-5-7-9-11-13-17-41-31-29(39)27(37)25(35)21(45-31)19-43-23(33)15-16-24(34)44-20-22-26(36)28(38)30(40)32(46-22)42-18-14-12-10-8-6-4-2/h21-22,25-32,35-40H,3-20H2,1-2H3/t21-,22-,25-,26-,27+,28+,29-,30-,31+,32+/m1/s1. The van der Waals surface area contributed by atoms with E-state index in [2.05, 4.69) is 13.8 Å². The van der Waals surface area contributed by atoms with Crippen molar-refractivity contribution in [2.75, 3.05) is 26.4 Å². The number of aliphatic hydroxyl groups is 6. The molecule has 2 rings (SSSR count). The van der Waals surface area contributed by atoms with Gasteiger partial charge in [-0.2, -0.15) is 0 Å². The van der Waals surface area contributed by atoms with Crippen LogP contribution >= 0.6 is 0 Å². The maximum atomic E-state index is 12.3. The van der Waals surface area contributed by atoms with E-state index in [0.29, 0.717) is 13.2 Å². The third-order valence-electron chi connectivity index (χ3n) is 8.25. The average molecular weight is 667 g/mol. The van der Waals surface area contributed by atoms with E-state index in [4.69, 9.17) is 28.4 Å². The number of rotatable bonds is 23. The van der Waals surface area contributed by atoms with Crippen LogP contribution in [0.25, 0.3) is 0 Å². The fourth-order valence-electron chi connectivity index (χ4n) is 5.25. The lowest BCUT2D eigenvalue weighted by Crippen LogP contribution is -2.59. The summed E-state index contributed by atoms with van der Waals surface area (Å²) in [6.45, 7) is 3.96. The lowest BCUT2D eigenvalue weighted by atomic mass is 9.99. The Kier molecular flexibility index (Phi) is 20.3. The third kappa shape index (κ3) is 14.3. The first-order chi connectivity index (χ1) is 22.1. The monoisotopic (exact) mass is 666 g/mol. The summed E-state index contributed by atoms with van der Waals surface area (Å²) in [5.41, 5.74) is 0. The van der Waals surface area contributed by atoms with Gasteiger partial charge in [-0.3, -0.25) is 9.59 Å². The molecule has 10 atom stereocenters. The van der Waals surface area contributed by atoms with Gasteiger partial charge >= 0.3 is 11.9 Å². The number of esters is 2. The summed E-state index contributed by atoms with van der Waals surface area (Å²) in [5.74, 6) is -1.60. The minimum Gasteiger partial charge on any atom is -0.463 e. The average Bonchev–Trinajstić information content (AvgIpc) is 3.05. The first-order valence-electron chi connectivity index (χ1n) is 17.0. The normalized spacial score (nSPS) is 31.5. The van der Waals surface area contributed by atoms with Crippen molar-refractivity contribution in [1.29, 1.82) is 0 Å². The molecule has 0 radical (unpaired) electrons. The first kappa shape index (κ1) is 40.7. The second-order valence-corrected chi connectivity index (χ2v) is 12.2. The molecule has 14 nitrogen and oxygen atoms in total. The number of carbonyl (C=O) groups is 2. The van der Waals surface area contributed by atoms with Crippen LogP contribution in [0.15, 0.2) is 0 Å². The van der Waals surface area contributed by atoms with Crippen LogP contribution in [0.5, 0.6) is 0 Å². The summed E-state index contributed by atoms with van der Waals surface area (Å²) in [5, 5.41) is 61.5. The van der Waals surface area contributed by atoms with E-state index < -0.39 is 86.6 Å². The second kappa shape index (κ2) is 23.0. The van der Waals surface area contributed by atoms with Crippen LogP contribution in [0.4, 0.5) is 0 Å². The van der Waals surface area contributed by atoms with Crippen molar-refractivity contribution >= 4 is 11.9 Å². The summed E-state index contributed by atoms with van der Waals surface area (Å²) >= 11 is 0. The van der Waals surface area contributed by atoms with Crippen LogP contribution in [0.2, 0.25) is 0 Å². The Morgan fingerprint density at radius 1 is 0.500 bits per heavy atom. The number of aliphatic hydroxyl groups excluding tert-OH is 6. The molecule has 14 heteroatoms. The lowest BCUT2D eigenvalue weighted by molar-refractivity contribution is -0.302. The predicted molar refractivity (Wildman–Crippen MR) is 163 cm³/mol. The predicted octanol–water partition coefficient (Wildman–Crippen LogP) is 1.22. The summed E-state index contributed by atoms with van der Waals surface area (Å²) in [7, 11) is 0. The van der Waals surface area contributed by atoms with Gasteiger partial charge in [0, 0.05) is 13.2 Å². The highest BCUT2D eigenvalue weighted by molar-refractivity contribution is 5.77. The molecular formula is C32H58O14. The van der Waals surface area contributed by atoms with Gasteiger partial charge < -0.3 is 59.1 Å². The summed E-state index contributed by atoms with van der Waals surface area (Å²) in [4.78, 5) is 24.5. The maximum Gasteiger partial charge on any atom is 0.306 e. The van der Waals surface area contributed by atoms with Gasteiger partial charge in [0.25, 0.3) is 0 Å². The maximum absolute atomic E-state index is 12.3. The molecule has 2 saturated heterocycles. The van der Waals surface area contributed by atoms with Crippen LogP contribution in [0, 0.1) is 0 Å². The van der Waals surface area contributed by atoms with Gasteiger partial charge in [0.2, 0.25) is 0 Å². The SMILES string of the molecule is CCCCCCCCO[C@H]1O[C@H](COC(=O)CCC(=O)OC[C@H]2O[C@H](OCCCCCCCC)[C@H](O)[C@@H](O)[C@@H]2O)[C@@H](O)[C@H](O)[C@H]1O. The van der Waals surface area contributed by atoms with Gasteiger partial charge in [-0.1, -0.05) is 78.1 Å². The molecule has 0 bridgehead atoms. The van der Waals surface area contributed by atoms with Crippen LogP contribution in [-0.4, -0.2) is 130 Å². The zero-order chi connectivity index (χ0) is 33.9.